The van der Waals surface area contributed by atoms with Crippen LogP contribution in [0.1, 0.15) is 63.7 Å². The standard InChI is InChI=1S/C21H23NO2.2C2H6/c1-22(17-12-6-3-7-13-17)21(24)19-15-9-8-14-18(19)20(23)16-10-4-2-5-11-16;2*1-2/h2-7,10-13,18-19H,8-9,14-15H2,1H3;2*1-2H3. The molecule has 3 heteroatoms. The molecule has 2 unspecified atom stereocenters. The van der Waals surface area contributed by atoms with Crippen molar-refractivity contribution in [2.45, 2.75) is 53.4 Å². The number of carbonyl (C=O) groups excluding carboxylic acids is 2. The smallest absolute Gasteiger partial charge is 0.230 e. The molecular weight excluding hydrogens is 346 g/mol. The van der Waals surface area contributed by atoms with E-state index in [9.17, 15) is 9.59 Å². The number of anilines is 1. The Labute approximate surface area is 170 Å². The van der Waals surface area contributed by atoms with Gasteiger partial charge in [0.15, 0.2) is 5.78 Å². The van der Waals surface area contributed by atoms with Crippen LogP contribution in [-0.4, -0.2) is 18.7 Å². The predicted molar refractivity (Wildman–Crippen MR) is 119 cm³/mol. The van der Waals surface area contributed by atoms with Gasteiger partial charge in [0.2, 0.25) is 5.91 Å². The first-order valence-corrected chi connectivity index (χ1v) is 10.6. The number of hydrogen-bond donors (Lipinski definition) is 0. The molecular formula is C25H35NO2. The molecule has 1 aliphatic carbocycles. The maximum absolute atomic E-state index is 13.0. The van der Waals surface area contributed by atoms with Gasteiger partial charge in [0.05, 0.1) is 0 Å². The van der Waals surface area contributed by atoms with Gasteiger partial charge in [-0.25, -0.2) is 0 Å². The molecule has 1 fully saturated rings. The van der Waals surface area contributed by atoms with Gasteiger partial charge in [0.1, 0.15) is 0 Å². The Bertz CT molecular complexity index is 697. The molecule has 28 heavy (non-hydrogen) atoms. The number of Topliss-reactive ketones (excluding diaryl/α,β-unsaturated/α-hetero) is 1. The van der Waals surface area contributed by atoms with Crippen LogP contribution in [0.2, 0.25) is 0 Å². The van der Waals surface area contributed by atoms with Crippen molar-refractivity contribution in [1.82, 2.24) is 0 Å². The molecule has 0 radical (unpaired) electrons. The minimum Gasteiger partial charge on any atom is -0.315 e. The highest BCUT2D eigenvalue weighted by Gasteiger charge is 2.37. The first-order chi connectivity index (χ1) is 13.7. The molecule has 2 aromatic rings. The molecule has 2 aromatic carbocycles. The normalized spacial score (nSPS) is 17.9. The van der Waals surface area contributed by atoms with Crippen molar-refractivity contribution in [3.8, 4) is 0 Å². The molecule has 2 atom stereocenters. The van der Waals surface area contributed by atoms with Crippen LogP contribution in [0.25, 0.3) is 0 Å². The maximum Gasteiger partial charge on any atom is 0.230 e. The molecule has 152 valence electrons. The zero-order valence-electron chi connectivity index (χ0n) is 18.0. The second kappa shape index (κ2) is 12.9. The van der Waals surface area contributed by atoms with Gasteiger partial charge >= 0.3 is 0 Å². The summed E-state index contributed by atoms with van der Waals surface area (Å²) in [5, 5.41) is 0. The second-order valence-electron chi connectivity index (χ2n) is 6.46. The van der Waals surface area contributed by atoms with Gasteiger partial charge < -0.3 is 4.90 Å². The van der Waals surface area contributed by atoms with Crippen molar-refractivity contribution >= 4 is 17.4 Å². The van der Waals surface area contributed by atoms with Gasteiger partial charge in [-0.3, -0.25) is 9.59 Å². The number of amides is 1. The lowest BCUT2D eigenvalue weighted by atomic mass is 9.74. The van der Waals surface area contributed by atoms with Crippen molar-refractivity contribution in [2.75, 3.05) is 11.9 Å². The summed E-state index contributed by atoms with van der Waals surface area (Å²) in [6.07, 6.45) is 3.62. The van der Waals surface area contributed by atoms with Crippen LogP contribution in [0.5, 0.6) is 0 Å². The van der Waals surface area contributed by atoms with E-state index in [-0.39, 0.29) is 23.5 Å². The van der Waals surface area contributed by atoms with Crippen molar-refractivity contribution in [2.24, 2.45) is 11.8 Å². The first-order valence-electron chi connectivity index (χ1n) is 10.6. The summed E-state index contributed by atoms with van der Waals surface area (Å²) in [5.74, 6) is -0.276. The van der Waals surface area contributed by atoms with Crippen LogP contribution in [0, 0.1) is 11.8 Å². The van der Waals surface area contributed by atoms with Gasteiger partial charge in [0.25, 0.3) is 0 Å². The molecule has 0 bridgehead atoms. The van der Waals surface area contributed by atoms with E-state index < -0.39 is 0 Å². The average Bonchev–Trinajstić information content (AvgIpc) is 2.81. The first kappa shape index (κ1) is 23.6. The van der Waals surface area contributed by atoms with E-state index in [1.54, 1.807) is 11.9 Å². The van der Waals surface area contributed by atoms with E-state index in [2.05, 4.69) is 0 Å². The minimum absolute atomic E-state index is 0.0511. The third-order valence-electron chi connectivity index (χ3n) is 4.95. The van der Waals surface area contributed by atoms with Gasteiger partial charge in [-0.15, -0.1) is 0 Å². The lowest BCUT2D eigenvalue weighted by Crippen LogP contribution is -2.41. The summed E-state index contributed by atoms with van der Waals surface area (Å²) in [4.78, 5) is 27.6. The highest BCUT2D eigenvalue weighted by atomic mass is 16.2. The third-order valence-corrected chi connectivity index (χ3v) is 4.95. The maximum atomic E-state index is 13.0. The Morgan fingerprint density at radius 2 is 1.21 bits per heavy atom. The Morgan fingerprint density at radius 1 is 0.750 bits per heavy atom. The van der Waals surface area contributed by atoms with E-state index in [0.717, 1.165) is 31.4 Å². The largest absolute Gasteiger partial charge is 0.315 e. The molecule has 3 nitrogen and oxygen atoms in total. The molecule has 0 aromatic heterocycles. The Balaban J connectivity index is 0.000000921. The van der Waals surface area contributed by atoms with E-state index in [4.69, 9.17) is 0 Å². The van der Waals surface area contributed by atoms with Gasteiger partial charge in [-0.05, 0) is 25.0 Å². The predicted octanol–water partition coefficient (Wildman–Crippen LogP) is 6.39. The number of benzene rings is 2. The second-order valence-corrected chi connectivity index (χ2v) is 6.46. The van der Waals surface area contributed by atoms with Crippen LogP contribution in [0.3, 0.4) is 0 Å². The van der Waals surface area contributed by atoms with Crippen LogP contribution in [0.15, 0.2) is 60.7 Å². The summed E-state index contributed by atoms with van der Waals surface area (Å²) in [6, 6.07) is 19.0. The average molecular weight is 382 g/mol. The number of ketones is 1. The molecule has 1 amide bonds. The number of carbonyl (C=O) groups is 2. The topological polar surface area (TPSA) is 37.4 Å². The minimum atomic E-state index is -0.225. The highest BCUT2D eigenvalue weighted by Crippen LogP contribution is 2.34. The quantitative estimate of drug-likeness (QED) is 0.575. The monoisotopic (exact) mass is 381 g/mol. The summed E-state index contributed by atoms with van der Waals surface area (Å²) >= 11 is 0. The molecule has 0 aliphatic heterocycles. The van der Waals surface area contributed by atoms with Gasteiger partial charge in [0, 0.05) is 30.1 Å². The fraction of sp³-hybridized carbons (Fsp3) is 0.440. The van der Waals surface area contributed by atoms with Crippen molar-refractivity contribution in [3.63, 3.8) is 0 Å². The van der Waals surface area contributed by atoms with Gasteiger partial charge in [-0.1, -0.05) is 89.1 Å². The number of para-hydroxylation sites is 1. The zero-order valence-corrected chi connectivity index (χ0v) is 18.0. The highest BCUT2D eigenvalue weighted by molar-refractivity contribution is 6.03. The Kier molecular flexibility index (Phi) is 10.9. The van der Waals surface area contributed by atoms with E-state index in [0.29, 0.717) is 5.56 Å². The molecule has 0 N–H and O–H groups in total. The van der Waals surface area contributed by atoms with Gasteiger partial charge in [-0.2, -0.15) is 0 Å². The van der Waals surface area contributed by atoms with Crippen LogP contribution < -0.4 is 4.90 Å². The molecule has 0 spiro atoms. The van der Waals surface area contributed by atoms with Crippen molar-refractivity contribution < 1.29 is 9.59 Å². The van der Waals surface area contributed by atoms with Crippen LogP contribution in [-0.2, 0) is 4.79 Å². The third kappa shape index (κ3) is 6.05. The number of nitrogens with zero attached hydrogens (tertiary/aromatic N) is 1. The molecule has 0 saturated heterocycles. The summed E-state index contributed by atoms with van der Waals surface area (Å²) in [5.41, 5.74) is 1.59. The molecule has 1 aliphatic rings. The summed E-state index contributed by atoms with van der Waals surface area (Å²) in [6.45, 7) is 8.00. The molecule has 1 saturated carbocycles. The molecule has 0 heterocycles. The lowest BCUT2D eigenvalue weighted by molar-refractivity contribution is -0.124. The fourth-order valence-electron chi connectivity index (χ4n) is 3.58. The Morgan fingerprint density at radius 3 is 1.75 bits per heavy atom. The summed E-state index contributed by atoms with van der Waals surface area (Å²) < 4.78 is 0. The molecule has 3 rings (SSSR count). The SMILES string of the molecule is CC.CC.CN(C(=O)C1CCCCC1C(=O)c1ccccc1)c1ccccc1. The lowest BCUT2D eigenvalue weighted by Gasteiger charge is -2.32. The number of hydrogen-bond acceptors (Lipinski definition) is 2. The van der Waals surface area contributed by atoms with Crippen molar-refractivity contribution in [3.05, 3.63) is 66.2 Å². The van der Waals surface area contributed by atoms with E-state index in [1.165, 1.54) is 0 Å². The fourth-order valence-corrected chi connectivity index (χ4v) is 3.58. The van der Waals surface area contributed by atoms with Crippen LogP contribution >= 0.6 is 0 Å². The van der Waals surface area contributed by atoms with Crippen LogP contribution in [0.4, 0.5) is 5.69 Å². The van der Waals surface area contributed by atoms with E-state index in [1.807, 2.05) is 88.4 Å². The zero-order chi connectivity index (χ0) is 20.9. The summed E-state index contributed by atoms with van der Waals surface area (Å²) in [7, 11) is 1.80. The van der Waals surface area contributed by atoms with E-state index >= 15 is 0 Å². The number of rotatable bonds is 4. The Hall–Kier alpha value is -2.42. The van der Waals surface area contributed by atoms with Crippen molar-refractivity contribution in [1.29, 1.82) is 0 Å².